The lowest BCUT2D eigenvalue weighted by atomic mass is 9.97. The van der Waals surface area contributed by atoms with Gasteiger partial charge in [-0.25, -0.2) is 0 Å². The van der Waals surface area contributed by atoms with Crippen LogP contribution in [0, 0.1) is 5.92 Å². The third-order valence-corrected chi connectivity index (χ3v) is 2.26. The van der Waals surface area contributed by atoms with Crippen LogP contribution < -0.4 is 4.74 Å². The molecule has 0 aromatic heterocycles. The molecule has 1 N–H and O–H groups in total. The number of carbonyl (C=O) groups is 1. The third-order valence-electron chi connectivity index (χ3n) is 2.26. The molecule has 0 unspecified atom stereocenters. The summed E-state index contributed by atoms with van der Waals surface area (Å²) in [5.74, 6) is 0.923. The Hall–Kier alpha value is -1.35. The maximum absolute atomic E-state index is 11.8. The monoisotopic (exact) mass is 236 g/mol. The fourth-order valence-corrected chi connectivity index (χ4v) is 1.32. The lowest BCUT2D eigenvalue weighted by Crippen LogP contribution is -2.30. The molecular formula is C14H20O3. The van der Waals surface area contributed by atoms with E-state index in [9.17, 15) is 9.90 Å². The number of hydrogen-bond donors (Lipinski definition) is 1. The Morgan fingerprint density at radius 3 is 2.24 bits per heavy atom. The van der Waals surface area contributed by atoms with Crippen LogP contribution in [-0.2, 0) is 0 Å². The normalized spacial score (nSPS) is 11.6. The van der Waals surface area contributed by atoms with Gasteiger partial charge in [0.15, 0.2) is 5.78 Å². The molecule has 0 spiro atoms. The van der Waals surface area contributed by atoms with Crippen molar-refractivity contribution in [2.75, 3.05) is 6.61 Å². The first-order valence-electron chi connectivity index (χ1n) is 5.80. The second kappa shape index (κ2) is 5.32. The zero-order valence-corrected chi connectivity index (χ0v) is 10.9. The lowest BCUT2D eigenvalue weighted by molar-refractivity contribution is 0.0488. The molecule has 0 radical (unpaired) electrons. The summed E-state index contributed by atoms with van der Waals surface area (Å²) in [6, 6.07) is 6.86. The molecule has 3 heteroatoms. The summed E-state index contributed by atoms with van der Waals surface area (Å²) in [6.45, 7) is 7.77. The van der Waals surface area contributed by atoms with Gasteiger partial charge in [0.2, 0.25) is 0 Å². The van der Waals surface area contributed by atoms with Crippen LogP contribution in [0.15, 0.2) is 24.3 Å². The minimum atomic E-state index is -1.33. The second-order valence-electron chi connectivity index (χ2n) is 5.12. The number of ether oxygens (including phenoxy) is 1. The van der Waals surface area contributed by atoms with Crippen molar-refractivity contribution in [3.05, 3.63) is 29.8 Å². The molecule has 94 valence electrons. The van der Waals surface area contributed by atoms with E-state index in [-0.39, 0.29) is 5.78 Å². The van der Waals surface area contributed by atoms with Crippen LogP contribution in [0.3, 0.4) is 0 Å². The highest BCUT2D eigenvalue weighted by Gasteiger charge is 2.24. The second-order valence-corrected chi connectivity index (χ2v) is 5.12. The molecule has 3 nitrogen and oxygen atoms in total. The molecule has 0 aliphatic heterocycles. The van der Waals surface area contributed by atoms with Crippen LogP contribution in [0.1, 0.15) is 38.1 Å². The zero-order chi connectivity index (χ0) is 13.1. The Morgan fingerprint density at radius 2 is 1.82 bits per heavy atom. The van der Waals surface area contributed by atoms with E-state index in [1.807, 2.05) is 0 Å². The molecule has 17 heavy (non-hydrogen) atoms. The largest absolute Gasteiger partial charge is 0.493 e. The summed E-state index contributed by atoms with van der Waals surface area (Å²) in [5, 5.41) is 9.60. The van der Waals surface area contributed by atoms with Gasteiger partial charge in [-0.1, -0.05) is 13.8 Å². The Kier molecular flexibility index (Phi) is 4.29. The van der Waals surface area contributed by atoms with Gasteiger partial charge >= 0.3 is 0 Å². The quantitative estimate of drug-likeness (QED) is 0.799. The molecule has 0 saturated heterocycles. The predicted molar refractivity (Wildman–Crippen MR) is 67.4 cm³/mol. The summed E-state index contributed by atoms with van der Waals surface area (Å²) in [5.41, 5.74) is -0.838. The zero-order valence-electron chi connectivity index (χ0n) is 10.9. The molecule has 1 aromatic carbocycles. The van der Waals surface area contributed by atoms with Crippen molar-refractivity contribution in [3.8, 4) is 5.75 Å². The van der Waals surface area contributed by atoms with E-state index in [0.29, 0.717) is 18.1 Å². The van der Waals surface area contributed by atoms with Gasteiger partial charge in [0, 0.05) is 5.56 Å². The molecule has 0 aliphatic rings. The van der Waals surface area contributed by atoms with Crippen LogP contribution in [0.5, 0.6) is 5.75 Å². The van der Waals surface area contributed by atoms with Crippen molar-refractivity contribution < 1.29 is 14.6 Å². The van der Waals surface area contributed by atoms with Crippen molar-refractivity contribution in [1.82, 2.24) is 0 Å². The minimum Gasteiger partial charge on any atom is -0.493 e. The molecule has 0 amide bonds. The van der Waals surface area contributed by atoms with E-state index in [0.717, 1.165) is 5.75 Å². The number of aliphatic hydroxyl groups is 1. The molecule has 0 atom stereocenters. The SMILES string of the molecule is CC(C)COc1ccc(C(=O)C(C)(C)O)cc1. The van der Waals surface area contributed by atoms with Crippen LogP contribution in [0.2, 0.25) is 0 Å². The first-order chi connectivity index (χ1) is 7.80. The van der Waals surface area contributed by atoms with Crippen molar-refractivity contribution in [2.24, 2.45) is 5.92 Å². The molecule has 0 bridgehead atoms. The molecule has 0 fully saturated rings. The highest BCUT2D eigenvalue weighted by Crippen LogP contribution is 2.17. The molecule has 0 aliphatic carbocycles. The van der Waals surface area contributed by atoms with Crippen molar-refractivity contribution in [1.29, 1.82) is 0 Å². The Balaban J connectivity index is 2.71. The van der Waals surface area contributed by atoms with Gasteiger partial charge < -0.3 is 9.84 Å². The Morgan fingerprint density at radius 1 is 1.29 bits per heavy atom. The van der Waals surface area contributed by atoms with Gasteiger partial charge in [-0.15, -0.1) is 0 Å². The van der Waals surface area contributed by atoms with Crippen LogP contribution in [-0.4, -0.2) is 23.1 Å². The molecule has 0 heterocycles. The molecule has 0 saturated carbocycles. The van der Waals surface area contributed by atoms with Crippen molar-refractivity contribution in [3.63, 3.8) is 0 Å². The maximum Gasteiger partial charge on any atom is 0.193 e. The Bertz CT molecular complexity index is 371. The van der Waals surface area contributed by atoms with E-state index in [2.05, 4.69) is 13.8 Å². The van der Waals surface area contributed by atoms with E-state index in [1.165, 1.54) is 13.8 Å². The van der Waals surface area contributed by atoms with Crippen molar-refractivity contribution >= 4 is 5.78 Å². The number of rotatable bonds is 5. The van der Waals surface area contributed by atoms with Crippen molar-refractivity contribution in [2.45, 2.75) is 33.3 Å². The Labute approximate surface area is 102 Å². The summed E-state index contributed by atoms with van der Waals surface area (Å²) in [7, 11) is 0. The standard InChI is InChI=1S/C14H20O3/c1-10(2)9-17-12-7-5-11(6-8-12)13(15)14(3,4)16/h5-8,10,16H,9H2,1-4H3. The first kappa shape index (κ1) is 13.7. The highest BCUT2D eigenvalue weighted by molar-refractivity contribution is 6.01. The van der Waals surface area contributed by atoms with E-state index < -0.39 is 5.60 Å². The highest BCUT2D eigenvalue weighted by atomic mass is 16.5. The fourth-order valence-electron chi connectivity index (χ4n) is 1.32. The van der Waals surface area contributed by atoms with Gasteiger partial charge in [0.25, 0.3) is 0 Å². The number of benzene rings is 1. The fraction of sp³-hybridized carbons (Fsp3) is 0.500. The number of ketones is 1. The van der Waals surface area contributed by atoms with Gasteiger partial charge in [-0.2, -0.15) is 0 Å². The van der Waals surface area contributed by atoms with Gasteiger partial charge in [-0.05, 0) is 44.0 Å². The van der Waals surface area contributed by atoms with Gasteiger partial charge in [0.1, 0.15) is 11.4 Å². The molecule has 1 aromatic rings. The average Bonchev–Trinajstić information content (AvgIpc) is 2.25. The lowest BCUT2D eigenvalue weighted by Gasteiger charge is -2.15. The number of hydrogen-bond acceptors (Lipinski definition) is 3. The molecule has 1 rings (SSSR count). The average molecular weight is 236 g/mol. The topological polar surface area (TPSA) is 46.5 Å². The maximum atomic E-state index is 11.8. The van der Waals surface area contributed by atoms with E-state index in [1.54, 1.807) is 24.3 Å². The van der Waals surface area contributed by atoms with Gasteiger partial charge in [0.05, 0.1) is 6.61 Å². The number of carbonyl (C=O) groups excluding carboxylic acids is 1. The van der Waals surface area contributed by atoms with Crippen LogP contribution in [0.4, 0.5) is 0 Å². The third kappa shape index (κ3) is 4.19. The summed E-state index contributed by atoms with van der Waals surface area (Å²) >= 11 is 0. The van der Waals surface area contributed by atoms with Crippen LogP contribution >= 0.6 is 0 Å². The molecular weight excluding hydrogens is 216 g/mol. The van der Waals surface area contributed by atoms with E-state index >= 15 is 0 Å². The summed E-state index contributed by atoms with van der Waals surface area (Å²) in [6.07, 6.45) is 0. The smallest absolute Gasteiger partial charge is 0.193 e. The first-order valence-corrected chi connectivity index (χ1v) is 5.80. The summed E-state index contributed by atoms with van der Waals surface area (Å²) in [4.78, 5) is 11.8. The number of Topliss-reactive ketones (excluding diaryl/α,β-unsaturated/α-hetero) is 1. The van der Waals surface area contributed by atoms with Gasteiger partial charge in [-0.3, -0.25) is 4.79 Å². The van der Waals surface area contributed by atoms with Crippen LogP contribution in [0.25, 0.3) is 0 Å². The van der Waals surface area contributed by atoms with E-state index in [4.69, 9.17) is 4.74 Å². The predicted octanol–water partition coefficient (Wildman–Crippen LogP) is 2.68. The summed E-state index contributed by atoms with van der Waals surface area (Å²) < 4.78 is 5.51. The minimum absolute atomic E-state index is 0.284.